The van der Waals surface area contributed by atoms with Crippen LogP contribution in [0.5, 0.6) is 0 Å². The van der Waals surface area contributed by atoms with E-state index in [0.29, 0.717) is 0 Å². The molecule has 0 saturated carbocycles. The van der Waals surface area contributed by atoms with E-state index in [1.54, 1.807) is 11.8 Å². The Balaban J connectivity index is 2.51. The number of carbonyl (C=O) groups is 1. The molecule has 1 rings (SSSR count). The number of halogens is 1. The standard InChI is InChI=1S/C9H14ClNO/c1-7-3-5-11(6-4-7)9(12)8(2)10/h3,8H,4-6H2,1-2H3/t8-/m0/s1. The van der Waals surface area contributed by atoms with Crippen LogP contribution < -0.4 is 0 Å². The summed E-state index contributed by atoms with van der Waals surface area (Å²) in [5.41, 5.74) is 1.36. The van der Waals surface area contributed by atoms with Crippen LogP contribution in [0, 0.1) is 0 Å². The fourth-order valence-electron chi connectivity index (χ4n) is 1.22. The molecule has 0 aromatic rings. The number of hydrogen-bond acceptors (Lipinski definition) is 1. The molecular weight excluding hydrogens is 174 g/mol. The molecule has 68 valence electrons. The first-order valence-electron chi connectivity index (χ1n) is 4.19. The minimum atomic E-state index is -0.392. The highest BCUT2D eigenvalue weighted by Gasteiger charge is 2.19. The van der Waals surface area contributed by atoms with E-state index in [1.165, 1.54) is 5.57 Å². The van der Waals surface area contributed by atoms with Gasteiger partial charge in [0.15, 0.2) is 0 Å². The lowest BCUT2D eigenvalue weighted by molar-refractivity contribution is -0.130. The molecule has 1 heterocycles. The van der Waals surface area contributed by atoms with Gasteiger partial charge in [0.1, 0.15) is 5.38 Å². The van der Waals surface area contributed by atoms with Gasteiger partial charge in [-0.05, 0) is 20.3 Å². The van der Waals surface area contributed by atoms with Crippen LogP contribution in [0.15, 0.2) is 11.6 Å². The molecule has 12 heavy (non-hydrogen) atoms. The van der Waals surface area contributed by atoms with Gasteiger partial charge in [-0.2, -0.15) is 0 Å². The van der Waals surface area contributed by atoms with Crippen LogP contribution in [0.25, 0.3) is 0 Å². The highest BCUT2D eigenvalue weighted by atomic mass is 35.5. The molecule has 0 radical (unpaired) electrons. The summed E-state index contributed by atoms with van der Waals surface area (Å²) in [5, 5.41) is -0.392. The van der Waals surface area contributed by atoms with Crippen molar-refractivity contribution < 1.29 is 4.79 Å². The molecule has 1 atom stereocenters. The fraction of sp³-hybridized carbons (Fsp3) is 0.667. The summed E-state index contributed by atoms with van der Waals surface area (Å²) < 4.78 is 0. The molecule has 1 aliphatic heterocycles. The van der Waals surface area contributed by atoms with Gasteiger partial charge in [-0.15, -0.1) is 11.6 Å². The van der Waals surface area contributed by atoms with Crippen molar-refractivity contribution in [3.63, 3.8) is 0 Å². The lowest BCUT2D eigenvalue weighted by Gasteiger charge is -2.26. The zero-order chi connectivity index (χ0) is 9.14. The molecule has 0 aromatic heterocycles. The lowest BCUT2D eigenvalue weighted by Crippen LogP contribution is -2.38. The van der Waals surface area contributed by atoms with Crippen LogP contribution >= 0.6 is 11.6 Å². The van der Waals surface area contributed by atoms with Crippen LogP contribution in [0.3, 0.4) is 0 Å². The second-order valence-electron chi connectivity index (χ2n) is 3.20. The fourth-order valence-corrected chi connectivity index (χ4v) is 1.36. The smallest absolute Gasteiger partial charge is 0.240 e. The van der Waals surface area contributed by atoms with Gasteiger partial charge < -0.3 is 4.90 Å². The summed E-state index contributed by atoms with van der Waals surface area (Å²) in [6.45, 7) is 5.35. The molecule has 0 aliphatic carbocycles. The minimum absolute atomic E-state index is 0.0421. The maximum atomic E-state index is 11.4. The van der Waals surface area contributed by atoms with E-state index in [2.05, 4.69) is 13.0 Å². The molecule has 0 saturated heterocycles. The first-order chi connectivity index (χ1) is 5.61. The maximum absolute atomic E-state index is 11.4. The van der Waals surface area contributed by atoms with Gasteiger partial charge >= 0.3 is 0 Å². The van der Waals surface area contributed by atoms with Crippen molar-refractivity contribution in [1.29, 1.82) is 0 Å². The van der Waals surface area contributed by atoms with Gasteiger partial charge in [0.25, 0.3) is 0 Å². The molecule has 3 heteroatoms. The number of alkyl halides is 1. The Morgan fingerprint density at radius 3 is 2.83 bits per heavy atom. The normalized spacial score (nSPS) is 20.2. The molecule has 2 nitrogen and oxygen atoms in total. The molecule has 1 aliphatic rings. The zero-order valence-electron chi connectivity index (χ0n) is 7.51. The van der Waals surface area contributed by atoms with E-state index in [1.807, 2.05) is 0 Å². The van der Waals surface area contributed by atoms with Crippen LogP contribution in [0.2, 0.25) is 0 Å². The van der Waals surface area contributed by atoms with Crippen molar-refractivity contribution in [2.24, 2.45) is 0 Å². The van der Waals surface area contributed by atoms with E-state index in [-0.39, 0.29) is 5.91 Å². The number of amides is 1. The van der Waals surface area contributed by atoms with Gasteiger partial charge in [-0.1, -0.05) is 11.6 Å². The van der Waals surface area contributed by atoms with Gasteiger partial charge in [0, 0.05) is 13.1 Å². The Morgan fingerprint density at radius 1 is 1.75 bits per heavy atom. The highest BCUT2D eigenvalue weighted by Crippen LogP contribution is 2.11. The number of rotatable bonds is 1. The van der Waals surface area contributed by atoms with E-state index in [9.17, 15) is 4.79 Å². The van der Waals surface area contributed by atoms with E-state index < -0.39 is 5.38 Å². The maximum Gasteiger partial charge on any atom is 0.240 e. The molecule has 0 aromatic carbocycles. The number of nitrogens with zero attached hydrogens (tertiary/aromatic N) is 1. The average Bonchev–Trinajstić information content (AvgIpc) is 2.04. The summed E-state index contributed by atoms with van der Waals surface area (Å²) in [7, 11) is 0. The molecule has 0 unspecified atom stereocenters. The molecule has 0 fully saturated rings. The predicted molar refractivity (Wildman–Crippen MR) is 50.3 cm³/mol. The van der Waals surface area contributed by atoms with Gasteiger partial charge in [-0.3, -0.25) is 4.79 Å². The van der Waals surface area contributed by atoms with Gasteiger partial charge in [0.2, 0.25) is 5.91 Å². The summed E-state index contributed by atoms with van der Waals surface area (Å²) in [4.78, 5) is 13.2. The number of hydrogen-bond donors (Lipinski definition) is 0. The Morgan fingerprint density at radius 2 is 2.42 bits per heavy atom. The second-order valence-corrected chi connectivity index (χ2v) is 3.86. The molecule has 0 bridgehead atoms. The molecule has 0 spiro atoms. The zero-order valence-corrected chi connectivity index (χ0v) is 8.27. The molecule has 1 amide bonds. The van der Waals surface area contributed by atoms with Crippen molar-refractivity contribution in [1.82, 2.24) is 4.90 Å². The van der Waals surface area contributed by atoms with Gasteiger partial charge in [0.05, 0.1) is 0 Å². The van der Waals surface area contributed by atoms with E-state index in [4.69, 9.17) is 11.6 Å². The van der Waals surface area contributed by atoms with Crippen LogP contribution in [-0.2, 0) is 4.79 Å². The van der Waals surface area contributed by atoms with Crippen LogP contribution in [0.1, 0.15) is 20.3 Å². The Labute approximate surface area is 78.2 Å². The average molecular weight is 188 g/mol. The Hall–Kier alpha value is -0.500. The Bertz CT molecular complexity index is 211. The van der Waals surface area contributed by atoms with E-state index in [0.717, 1.165) is 19.5 Å². The van der Waals surface area contributed by atoms with Crippen LogP contribution in [0.4, 0.5) is 0 Å². The summed E-state index contributed by atoms with van der Waals surface area (Å²) in [6.07, 6.45) is 3.07. The SMILES string of the molecule is CC1=CCN(C(=O)[C@H](C)Cl)CC1. The Kier molecular flexibility index (Phi) is 3.15. The van der Waals surface area contributed by atoms with Crippen LogP contribution in [-0.4, -0.2) is 29.3 Å². The van der Waals surface area contributed by atoms with E-state index >= 15 is 0 Å². The van der Waals surface area contributed by atoms with Crippen molar-refractivity contribution in [2.75, 3.05) is 13.1 Å². The predicted octanol–water partition coefficient (Wildman–Crippen LogP) is 1.79. The van der Waals surface area contributed by atoms with Crippen molar-refractivity contribution in [3.05, 3.63) is 11.6 Å². The molecular formula is C9H14ClNO. The highest BCUT2D eigenvalue weighted by molar-refractivity contribution is 6.30. The third-order valence-electron chi connectivity index (χ3n) is 2.09. The monoisotopic (exact) mass is 187 g/mol. The largest absolute Gasteiger partial charge is 0.337 e. The minimum Gasteiger partial charge on any atom is -0.337 e. The van der Waals surface area contributed by atoms with Crippen molar-refractivity contribution in [2.45, 2.75) is 25.6 Å². The number of carbonyl (C=O) groups excluding carboxylic acids is 1. The third-order valence-corrected chi connectivity index (χ3v) is 2.27. The van der Waals surface area contributed by atoms with Crippen molar-refractivity contribution >= 4 is 17.5 Å². The summed E-state index contributed by atoms with van der Waals surface area (Å²) in [6, 6.07) is 0. The topological polar surface area (TPSA) is 20.3 Å². The first kappa shape index (κ1) is 9.59. The van der Waals surface area contributed by atoms with Crippen molar-refractivity contribution in [3.8, 4) is 0 Å². The second kappa shape index (κ2) is 3.94. The summed E-state index contributed by atoms with van der Waals surface area (Å²) in [5.74, 6) is 0.0421. The quantitative estimate of drug-likeness (QED) is 0.453. The molecule has 0 N–H and O–H groups in total. The summed E-state index contributed by atoms with van der Waals surface area (Å²) >= 11 is 5.69. The third kappa shape index (κ3) is 2.24. The van der Waals surface area contributed by atoms with Gasteiger partial charge in [-0.25, -0.2) is 0 Å². The first-order valence-corrected chi connectivity index (χ1v) is 4.63. The lowest BCUT2D eigenvalue weighted by atomic mass is 10.1.